The standard InChI is InChI=1S/C15H21BrN2O2S/c1-4-9-20-13-8-7-11(16)10-12(13)14(19)17-15(21)18(5-2)6-3/h7-8,10H,4-6,9H2,1-3H3,(H,17,19,21). The zero-order valence-electron chi connectivity index (χ0n) is 12.6. The van der Waals surface area contributed by atoms with Gasteiger partial charge in [-0.15, -0.1) is 0 Å². The first-order chi connectivity index (χ1) is 10.0. The molecule has 0 saturated heterocycles. The molecule has 1 N–H and O–H groups in total. The first kappa shape index (κ1) is 17.9. The highest BCUT2D eigenvalue weighted by atomic mass is 79.9. The van der Waals surface area contributed by atoms with Crippen LogP contribution in [0.15, 0.2) is 22.7 Å². The topological polar surface area (TPSA) is 41.6 Å². The summed E-state index contributed by atoms with van der Waals surface area (Å²) in [4.78, 5) is 14.3. The summed E-state index contributed by atoms with van der Waals surface area (Å²) in [6.45, 7) is 8.10. The van der Waals surface area contributed by atoms with E-state index in [9.17, 15) is 4.79 Å². The van der Waals surface area contributed by atoms with Gasteiger partial charge in [-0.25, -0.2) is 0 Å². The van der Waals surface area contributed by atoms with Crippen molar-refractivity contribution in [1.29, 1.82) is 0 Å². The molecule has 4 nitrogen and oxygen atoms in total. The second kappa shape index (κ2) is 9.00. The zero-order chi connectivity index (χ0) is 15.8. The summed E-state index contributed by atoms with van der Waals surface area (Å²) in [5.74, 6) is 0.319. The fourth-order valence-electron chi connectivity index (χ4n) is 1.77. The number of carbonyl (C=O) groups excluding carboxylic acids is 1. The maximum absolute atomic E-state index is 12.4. The molecule has 0 aliphatic heterocycles. The summed E-state index contributed by atoms with van der Waals surface area (Å²) in [5.41, 5.74) is 0.479. The highest BCUT2D eigenvalue weighted by Gasteiger charge is 2.16. The molecular weight excluding hydrogens is 352 g/mol. The summed E-state index contributed by atoms with van der Waals surface area (Å²) in [5, 5.41) is 3.20. The quantitative estimate of drug-likeness (QED) is 0.774. The first-order valence-electron chi connectivity index (χ1n) is 7.06. The van der Waals surface area contributed by atoms with E-state index < -0.39 is 0 Å². The maximum atomic E-state index is 12.4. The molecule has 0 radical (unpaired) electrons. The maximum Gasteiger partial charge on any atom is 0.261 e. The Bertz CT molecular complexity index is 504. The van der Waals surface area contributed by atoms with Crippen molar-refractivity contribution >= 4 is 39.2 Å². The van der Waals surface area contributed by atoms with E-state index >= 15 is 0 Å². The van der Waals surface area contributed by atoms with Crippen molar-refractivity contribution in [3.63, 3.8) is 0 Å². The Morgan fingerprint density at radius 3 is 2.57 bits per heavy atom. The number of amides is 1. The molecule has 0 spiro atoms. The van der Waals surface area contributed by atoms with E-state index in [0.717, 1.165) is 24.0 Å². The number of ether oxygens (including phenoxy) is 1. The van der Waals surface area contributed by atoms with E-state index in [2.05, 4.69) is 21.2 Å². The van der Waals surface area contributed by atoms with Crippen LogP contribution in [0.3, 0.4) is 0 Å². The van der Waals surface area contributed by atoms with Gasteiger partial charge >= 0.3 is 0 Å². The molecule has 21 heavy (non-hydrogen) atoms. The largest absolute Gasteiger partial charge is 0.493 e. The minimum absolute atomic E-state index is 0.251. The van der Waals surface area contributed by atoms with Crippen LogP contribution < -0.4 is 10.1 Å². The lowest BCUT2D eigenvalue weighted by molar-refractivity contribution is 0.0969. The smallest absolute Gasteiger partial charge is 0.261 e. The third-order valence-corrected chi connectivity index (χ3v) is 3.77. The number of rotatable bonds is 6. The summed E-state index contributed by atoms with van der Waals surface area (Å²) in [6.07, 6.45) is 0.884. The Kier molecular flexibility index (Phi) is 7.67. The molecule has 0 aliphatic rings. The Morgan fingerprint density at radius 2 is 2.00 bits per heavy atom. The van der Waals surface area contributed by atoms with Gasteiger partial charge in [0.25, 0.3) is 5.91 Å². The monoisotopic (exact) mass is 372 g/mol. The number of carbonyl (C=O) groups is 1. The molecule has 0 heterocycles. The van der Waals surface area contributed by atoms with E-state index in [1.165, 1.54) is 0 Å². The van der Waals surface area contributed by atoms with Gasteiger partial charge in [-0.2, -0.15) is 0 Å². The van der Waals surface area contributed by atoms with E-state index in [0.29, 0.717) is 23.0 Å². The minimum atomic E-state index is -0.251. The van der Waals surface area contributed by atoms with Crippen molar-refractivity contribution in [2.24, 2.45) is 0 Å². The van der Waals surface area contributed by atoms with Gasteiger partial charge in [-0.1, -0.05) is 22.9 Å². The SMILES string of the molecule is CCCOc1ccc(Br)cc1C(=O)NC(=S)N(CC)CC. The van der Waals surface area contributed by atoms with Gasteiger partial charge in [0.1, 0.15) is 5.75 Å². The summed E-state index contributed by atoms with van der Waals surface area (Å²) in [6, 6.07) is 5.38. The fraction of sp³-hybridized carbons (Fsp3) is 0.467. The van der Waals surface area contributed by atoms with Crippen LogP contribution in [0.1, 0.15) is 37.6 Å². The van der Waals surface area contributed by atoms with Crippen LogP contribution in [-0.4, -0.2) is 35.6 Å². The van der Waals surface area contributed by atoms with Crippen molar-refractivity contribution in [1.82, 2.24) is 10.2 Å². The van der Waals surface area contributed by atoms with Crippen molar-refractivity contribution in [2.75, 3.05) is 19.7 Å². The van der Waals surface area contributed by atoms with Gasteiger partial charge in [0.2, 0.25) is 0 Å². The number of benzene rings is 1. The molecule has 116 valence electrons. The molecule has 0 atom stereocenters. The second-order valence-electron chi connectivity index (χ2n) is 4.42. The Hall–Kier alpha value is -1.14. The zero-order valence-corrected chi connectivity index (χ0v) is 15.0. The van der Waals surface area contributed by atoms with Gasteiger partial charge in [-0.05, 0) is 50.7 Å². The van der Waals surface area contributed by atoms with Crippen LogP contribution in [0.25, 0.3) is 0 Å². The minimum Gasteiger partial charge on any atom is -0.493 e. The van der Waals surface area contributed by atoms with Gasteiger partial charge in [0, 0.05) is 17.6 Å². The van der Waals surface area contributed by atoms with Gasteiger partial charge in [-0.3, -0.25) is 10.1 Å². The fourth-order valence-corrected chi connectivity index (χ4v) is 2.48. The Balaban J connectivity index is 2.90. The van der Waals surface area contributed by atoms with Crippen LogP contribution >= 0.6 is 28.1 Å². The van der Waals surface area contributed by atoms with Crippen LogP contribution in [0.5, 0.6) is 5.75 Å². The van der Waals surface area contributed by atoms with Crippen LogP contribution in [0, 0.1) is 0 Å². The molecule has 1 rings (SSSR count). The summed E-state index contributed by atoms with van der Waals surface area (Å²) in [7, 11) is 0. The molecule has 0 unspecified atom stereocenters. The third-order valence-electron chi connectivity index (χ3n) is 2.92. The van der Waals surface area contributed by atoms with E-state index in [-0.39, 0.29) is 5.91 Å². The van der Waals surface area contributed by atoms with E-state index in [1.807, 2.05) is 31.7 Å². The second-order valence-corrected chi connectivity index (χ2v) is 5.72. The van der Waals surface area contributed by atoms with Crippen molar-refractivity contribution in [2.45, 2.75) is 27.2 Å². The average Bonchev–Trinajstić information content (AvgIpc) is 2.47. The highest BCUT2D eigenvalue weighted by molar-refractivity contribution is 9.10. The van der Waals surface area contributed by atoms with Crippen LogP contribution in [-0.2, 0) is 0 Å². The molecule has 0 aromatic heterocycles. The Morgan fingerprint density at radius 1 is 1.33 bits per heavy atom. The number of nitrogens with zero attached hydrogens (tertiary/aromatic N) is 1. The molecule has 1 aromatic carbocycles. The number of thiocarbonyl (C=S) groups is 1. The molecule has 1 aromatic rings. The lowest BCUT2D eigenvalue weighted by Gasteiger charge is -2.22. The number of hydrogen-bond acceptors (Lipinski definition) is 3. The lowest BCUT2D eigenvalue weighted by atomic mass is 10.2. The number of halogens is 1. The summed E-state index contributed by atoms with van der Waals surface area (Å²) < 4.78 is 6.44. The van der Waals surface area contributed by atoms with E-state index in [4.69, 9.17) is 17.0 Å². The molecule has 0 saturated carbocycles. The predicted octanol–water partition coefficient (Wildman–Crippen LogP) is 3.59. The normalized spacial score (nSPS) is 10.1. The van der Waals surface area contributed by atoms with Gasteiger partial charge < -0.3 is 9.64 Å². The molecule has 6 heteroatoms. The first-order valence-corrected chi connectivity index (χ1v) is 8.26. The molecular formula is C15H21BrN2O2S. The molecule has 0 fully saturated rings. The van der Waals surface area contributed by atoms with E-state index in [1.54, 1.807) is 12.1 Å². The van der Waals surface area contributed by atoms with Gasteiger partial charge in [0.05, 0.1) is 12.2 Å². The molecule has 0 aliphatic carbocycles. The predicted molar refractivity (Wildman–Crippen MR) is 92.9 cm³/mol. The molecule has 1 amide bonds. The third kappa shape index (κ3) is 5.28. The summed E-state index contributed by atoms with van der Waals surface area (Å²) >= 11 is 8.63. The Labute approximate surface area is 140 Å². The van der Waals surface area contributed by atoms with Gasteiger partial charge in [0.15, 0.2) is 5.11 Å². The number of hydrogen-bond donors (Lipinski definition) is 1. The van der Waals surface area contributed by atoms with Crippen molar-refractivity contribution in [3.05, 3.63) is 28.2 Å². The lowest BCUT2D eigenvalue weighted by Crippen LogP contribution is -2.42. The van der Waals surface area contributed by atoms with Crippen molar-refractivity contribution < 1.29 is 9.53 Å². The highest BCUT2D eigenvalue weighted by Crippen LogP contribution is 2.23. The average molecular weight is 373 g/mol. The van der Waals surface area contributed by atoms with Crippen LogP contribution in [0.4, 0.5) is 0 Å². The van der Waals surface area contributed by atoms with Crippen LogP contribution in [0.2, 0.25) is 0 Å². The molecule has 0 bridgehead atoms. The number of nitrogens with one attached hydrogen (secondary N) is 1. The van der Waals surface area contributed by atoms with Crippen molar-refractivity contribution in [3.8, 4) is 5.75 Å².